The van der Waals surface area contributed by atoms with E-state index in [0.29, 0.717) is 13.2 Å². The molecule has 0 spiro atoms. The highest BCUT2D eigenvalue weighted by Crippen LogP contribution is 2.49. The van der Waals surface area contributed by atoms with Crippen molar-refractivity contribution in [1.29, 1.82) is 5.26 Å². The second-order valence-corrected chi connectivity index (χ2v) is 5.46. The van der Waals surface area contributed by atoms with Crippen molar-refractivity contribution >= 4 is 11.0 Å². The average Bonchev–Trinajstić information content (AvgIpc) is 2.72. The van der Waals surface area contributed by atoms with Crippen LogP contribution < -0.4 is 0 Å². The molecule has 2 aromatic rings. The third kappa shape index (κ3) is 1.27. The van der Waals surface area contributed by atoms with Crippen LogP contribution in [0.15, 0.2) is 34.9 Å². The Morgan fingerprint density at radius 3 is 2.61 bits per heavy atom. The third-order valence-corrected chi connectivity index (χ3v) is 4.17. The molecule has 0 aliphatic carbocycles. The van der Waals surface area contributed by atoms with Crippen LogP contribution in [0.5, 0.6) is 0 Å². The van der Waals surface area contributed by atoms with Gasteiger partial charge in [0.15, 0.2) is 0 Å². The van der Waals surface area contributed by atoms with Gasteiger partial charge in [-0.15, -0.1) is 0 Å². The molecule has 18 heavy (non-hydrogen) atoms. The first-order chi connectivity index (χ1) is 8.61. The number of fused-ring (bicyclic) bond motifs is 1. The van der Waals surface area contributed by atoms with Gasteiger partial charge in [0.2, 0.25) is 0 Å². The zero-order chi connectivity index (χ0) is 12.8. The highest BCUT2D eigenvalue weighted by molar-refractivity contribution is 5.82. The minimum Gasteiger partial charge on any atom is -0.464 e. The Hall–Kier alpha value is -1.79. The Bertz CT molecular complexity index is 629. The predicted octanol–water partition coefficient (Wildman–Crippen LogP) is 3.25. The highest BCUT2D eigenvalue weighted by Gasteiger charge is 2.54. The van der Waals surface area contributed by atoms with Gasteiger partial charge in [0.1, 0.15) is 5.58 Å². The van der Waals surface area contributed by atoms with Crippen molar-refractivity contribution in [3.63, 3.8) is 0 Å². The Labute approximate surface area is 106 Å². The molecule has 1 fully saturated rings. The minimum atomic E-state index is -0.474. The van der Waals surface area contributed by atoms with Gasteiger partial charge >= 0.3 is 0 Å². The Balaban J connectivity index is 2.22. The summed E-state index contributed by atoms with van der Waals surface area (Å²) in [7, 11) is 0. The maximum absolute atomic E-state index is 9.43. The van der Waals surface area contributed by atoms with Crippen LogP contribution in [0.1, 0.15) is 19.4 Å². The molecule has 1 aromatic carbocycles. The summed E-state index contributed by atoms with van der Waals surface area (Å²) in [5.74, 6) is 0. The van der Waals surface area contributed by atoms with Crippen molar-refractivity contribution < 1.29 is 9.15 Å². The number of benzene rings is 1. The van der Waals surface area contributed by atoms with Crippen molar-refractivity contribution in [3.05, 3.63) is 36.1 Å². The lowest BCUT2D eigenvalue weighted by atomic mass is 9.61. The van der Waals surface area contributed by atoms with Crippen LogP contribution in [0.4, 0.5) is 0 Å². The van der Waals surface area contributed by atoms with E-state index in [1.54, 1.807) is 6.26 Å². The van der Waals surface area contributed by atoms with Gasteiger partial charge in [0, 0.05) is 10.9 Å². The van der Waals surface area contributed by atoms with Gasteiger partial charge in [-0.05, 0) is 19.9 Å². The van der Waals surface area contributed by atoms with Gasteiger partial charge in [-0.3, -0.25) is 0 Å². The van der Waals surface area contributed by atoms with E-state index in [9.17, 15) is 5.26 Å². The molecule has 0 atom stereocenters. The van der Waals surface area contributed by atoms with E-state index in [0.717, 1.165) is 16.5 Å². The maximum atomic E-state index is 9.43. The lowest BCUT2D eigenvalue weighted by Crippen LogP contribution is -2.56. The molecule has 1 aliphatic rings. The number of nitriles is 1. The molecule has 2 heterocycles. The van der Waals surface area contributed by atoms with E-state index < -0.39 is 5.41 Å². The quantitative estimate of drug-likeness (QED) is 0.810. The molecular weight excluding hydrogens is 226 g/mol. The summed E-state index contributed by atoms with van der Waals surface area (Å²) in [5, 5.41) is 10.5. The van der Waals surface area contributed by atoms with Crippen LogP contribution in [0.2, 0.25) is 0 Å². The van der Waals surface area contributed by atoms with Crippen molar-refractivity contribution in [2.45, 2.75) is 19.3 Å². The fraction of sp³-hybridized carbons (Fsp3) is 0.400. The van der Waals surface area contributed by atoms with Crippen LogP contribution in [0, 0.1) is 16.7 Å². The van der Waals surface area contributed by atoms with Gasteiger partial charge in [0.25, 0.3) is 0 Å². The van der Waals surface area contributed by atoms with Gasteiger partial charge in [-0.2, -0.15) is 5.26 Å². The molecule has 0 amide bonds. The molecule has 0 N–H and O–H groups in total. The molecule has 1 saturated heterocycles. The molecule has 92 valence electrons. The van der Waals surface area contributed by atoms with E-state index >= 15 is 0 Å². The van der Waals surface area contributed by atoms with E-state index in [-0.39, 0.29) is 5.41 Å². The Morgan fingerprint density at radius 2 is 2.00 bits per heavy atom. The number of nitrogens with zero attached hydrogens (tertiary/aromatic N) is 1. The van der Waals surface area contributed by atoms with Crippen LogP contribution in [0.25, 0.3) is 11.0 Å². The monoisotopic (exact) mass is 241 g/mol. The standard InChI is InChI=1S/C15H15NO2/c1-14(2,8-16)15(9-17-10-15)12-7-18-13-6-4-3-5-11(12)13/h3-7H,9-10H2,1-2H3. The van der Waals surface area contributed by atoms with E-state index in [4.69, 9.17) is 9.15 Å². The van der Waals surface area contributed by atoms with Crippen LogP contribution in [-0.4, -0.2) is 13.2 Å². The summed E-state index contributed by atoms with van der Waals surface area (Å²) in [4.78, 5) is 0. The third-order valence-electron chi connectivity index (χ3n) is 4.17. The molecule has 1 aliphatic heterocycles. The van der Waals surface area contributed by atoms with Crippen molar-refractivity contribution in [3.8, 4) is 6.07 Å². The number of ether oxygens (including phenoxy) is 1. The molecule has 3 rings (SSSR count). The van der Waals surface area contributed by atoms with E-state index in [1.165, 1.54) is 0 Å². The fourth-order valence-electron chi connectivity index (χ4n) is 2.61. The first-order valence-corrected chi connectivity index (χ1v) is 6.06. The molecule has 0 radical (unpaired) electrons. The maximum Gasteiger partial charge on any atom is 0.134 e. The molecule has 0 saturated carbocycles. The van der Waals surface area contributed by atoms with Crippen LogP contribution in [-0.2, 0) is 10.2 Å². The molecule has 0 unspecified atom stereocenters. The number of rotatable bonds is 2. The Kier molecular flexibility index (Phi) is 2.26. The van der Waals surface area contributed by atoms with Crippen LogP contribution >= 0.6 is 0 Å². The highest BCUT2D eigenvalue weighted by atomic mass is 16.5. The smallest absolute Gasteiger partial charge is 0.134 e. The lowest BCUT2D eigenvalue weighted by Gasteiger charge is -2.48. The summed E-state index contributed by atoms with van der Waals surface area (Å²) >= 11 is 0. The van der Waals surface area contributed by atoms with Crippen LogP contribution in [0.3, 0.4) is 0 Å². The summed E-state index contributed by atoms with van der Waals surface area (Å²) < 4.78 is 11.0. The van der Waals surface area contributed by atoms with Gasteiger partial charge in [0.05, 0.1) is 36.4 Å². The van der Waals surface area contributed by atoms with Crippen molar-refractivity contribution in [2.24, 2.45) is 5.41 Å². The van der Waals surface area contributed by atoms with Gasteiger partial charge < -0.3 is 9.15 Å². The number of hydrogen-bond donors (Lipinski definition) is 0. The average molecular weight is 241 g/mol. The second kappa shape index (κ2) is 3.60. The molecular formula is C15H15NO2. The van der Waals surface area contributed by atoms with Crippen molar-refractivity contribution in [2.75, 3.05) is 13.2 Å². The minimum absolute atomic E-state index is 0.256. The largest absolute Gasteiger partial charge is 0.464 e. The molecule has 1 aromatic heterocycles. The summed E-state index contributed by atoms with van der Waals surface area (Å²) in [5.41, 5.74) is 1.23. The molecule has 3 nitrogen and oxygen atoms in total. The Morgan fingerprint density at radius 1 is 1.28 bits per heavy atom. The van der Waals surface area contributed by atoms with E-state index in [2.05, 4.69) is 6.07 Å². The zero-order valence-corrected chi connectivity index (χ0v) is 10.6. The summed E-state index contributed by atoms with van der Waals surface area (Å²) in [6.07, 6.45) is 1.78. The predicted molar refractivity (Wildman–Crippen MR) is 68.1 cm³/mol. The summed E-state index contributed by atoms with van der Waals surface area (Å²) in [6, 6.07) is 10.4. The van der Waals surface area contributed by atoms with Gasteiger partial charge in [-0.1, -0.05) is 18.2 Å². The fourth-order valence-corrected chi connectivity index (χ4v) is 2.61. The normalized spacial score (nSPS) is 18.3. The summed E-state index contributed by atoms with van der Waals surface area (Å²) in [6.45, 7) is 5.10. The van der Waals surface area contributed by atoms with Gasteiger partial charge in [-0.25, -0.2) is 0 Å². The lowest BCUT2D eigenvalue weighted by molar-refractivity contribution is -0.102. The molecule has 3 heteroatoms. The number of para-hydroxylation sites is 1. The topological polar surface area (TPSA) is 46.2 Å². The SMILES string of the molecule is CC(C)(C#N)C1(c2coc3ccccc23)COC1. The first-order valence-electron chi connectivity index (χ1n) is 6.06. The number of hydrogen-bond acceptors (Lipinski definition) is 3. The number of furan rings is 1. The molecule has 0 bridgehead atoms. The zero-order valence-electron chi connectivity index (χ0n) is 10.6. The first kappa shape index (κ1) is 11.3. The van der Waals surface area contributed by atoms with E-state index in [1.807, 2.05) is 38.1 Å². The second-order valence-electron chi connectivity index (χ2n) is 5.46. The van der Waals surface area contributed by atoms with Crippen molar-refractivity contribution in [1.82, 2.24) is 0 Å².